The summed E-state index contributed by atoms with van der Waals surface area (Å²) in [6, 6.07) is 7.79. The van der Waals surface area contributed by atoms with Gasteiger partial charge in [0.05, 0.1) is 29.3 Å². The van der Waals surface area contributed by atoms with Crippen molar-refractivity contribution in [1.29, 1.82) is 0 Å². The van der Waals surface area contributed by atoms with E-state index in [0.29, 0.717) is 6.42 Å². The molecule has 2 heterocycles. The number of rotatable bonds is 3. The SMILES string of the molecule is O=C(O)CCc1cn2c(cnc3ccccc32)n1. The molecular formula is C13H11N3O2. The largest absolute Gasteiger partial charge is 0.481 e. The maximum atomic E-state index is 10.6. The second-order valence-electron chi connectivity index (χ2n) is 4.10. The number of para-hydroxylation sites is 2. The van der Waals surface area contributed by atoms with Gasteiger partial charge < -0.3 is 5.11 Å². The third kappa shape index (κ3) is 1.79. The highest BCUT2D eigenvalue weighted by atomic mass is 16.4. The molecule has 18 heavy (non-hydrogen) atoms. The van der Waals surface area contributed by atoms with Crippen LogP contribution < -0.4 is 0 Å². The number of hydrogen-bond donors (Lipinski definition) is 1. The quantitative estimate of drug-likeness (QED) is 0.760. The topological polar surface area (TPSA) is 67.5 Å². The summed E-state index contributed by atoms with van der Waals surface area (Å²) in [6.07, 6.45) is 4.11. The number of aryl methyl sites for hydroxylation is 1. The zero-order valence-corrected chi connectivity index (χ0v) is 9.58. The summed E-state index contributed by atoms with van der Waals surface area (Å²) in [5.41, 5.74) is 3.39. The fourth-order valence-electron chi connectivity index (χ4n) is 1.99. The fourth-order valence-corrected chi connectivity index (χ4v) is 1.99. The average Bonchev–Trinajstić information content (AvgIpc) is 2.79. The van der Waals surface area contributed by atoms with Gasteiger partial charge in [-0.25, -0.2) is 4.98 Å². The van der Waals surface area contributed by atoms with E-state index in [1.54, 1.807) is 6.20 Å². The van der Waals surface area contributed by atoms with Crippen molar-refractivity contribution in [3.63, 3.8) is 0 Å². The van der Waals surface area contributed by atoms with Crippen LogP contribution >= 0.6 is 0 Å². The van der Waals surface area contributed by atoms with E-state index in [-0.39, 0.29) is 6.42 Å². The number of carboxylic acids is 1. The first-order valence-corrected chi connectivity index (χ1v) is 5.67. The van der Waals surface area contributed by atoms with Gasteiger partial charge in [-0.15, -0.1) is 0 Å². The van der Waals surface area contributed by atoms with Crippen molar-refractivity contribution < 1.29 is 9.90 Å². The lowest BCUT2D eigenvalue weighted by molar-refractivity contribution is -0.136. The van der Waals surface area contributed by atoms with E-state index in [1.807, 2.05) is 34.9 Å². The Morgan fingerprint density at radius 3 is 3.00 bits per heavy atom. The number of imidazole rings is 1. The molecule has 0 aliphatic carbocycles. The van der Waals surface area contributed by atoms with Crippen LogP contribution in [-0.4, -0.2) is 25.4 Å². The zero-order chi connectivity index (χ0) is 12.5. The lowest BCUT2D eigenvalue weighted by Crippen LogP contribution is -1.97. The summed E-state index contributed by atoms with van der Waals surface area (Å²) in [6.45, 7) is 0. The monoisotopic (exact) mass is 241 g/mol. The Morgan fingerprint density at radius 2 is 2.17 bits per heavy atom. The molecule has 0 saturated heterocycles. The van der Waals surface area contributed by atoms with Crippen molar-refractivity contribution in [2.75, 3.05) is 0 Å². The lowest BCUT2D eigenvalue weighted by Gasteiger charge is -1.99. The van der Waals surface area contributed by atoms with Gasteiger partial charge in [0.25, 0.3) is 0 Å². The summed E-state index contributed by atoms with van der Waals surface area (Å²) in [4.78, 5) is 19.2. The normalized spacial score (nSPS) is 11.1. The number of benzene rings is 1. The molecule has 90 valence electrons. The highest BCUT2D eigenvalue weighted by molar-refractivity contribution is 5.77. The van der Waals surface area contributed by atoms with Crippen molar-refractivity contribution in [2.24, 2.45) is 0 Å². The molecule has 2 aromatic heterocycles. The van der Waals surface area contributed by atoms with Crippen LogP contribution in [0.4, 0.5) is 0 Å². The molecule has 1 aromatic carbocycles. The number of carbonyl (C=O) groups is 1. The average molecular weight is 241 g/mol. The van der Waals surface area contributed by atoms with E-state index in [0.717, 1.165) is 22.4 Å². The van der Waals surface area contributed by atoms with Crippen LogP contribution in [0, 0.1) is 0 Å². The smallest absolute Gasteiger partial charge is 0.303 e. The minimum atomic E-state index is -0.810. The molecule has 3 aromatic rings. The summed E-state index contributed by atoms with van der Waals surface area (Å²) < 4.78 is 1.94. The zero-order valence-electron chi connectivity index (χ0n) is 9.58. The Labute approximate surface area is 103 Å². The molecular weight excluding hydrogens is 230 g/mol. The first kappa shape index (κ1) is 10.7. The number of aromatic nitrogens is 3. The molecule has 0 aliphatic heterocycles. The van der Waals surface area contributed by atoms with E-state index in [1.165, 1.54) is 0 Å². The van der Waals surface area contributed by atoms with E-state index < -0.39 is 5.97 Å². The molecule has 0 saturated carbocycles. The van der Waals surface area contributed by atoms with Crippen LogP contribution in [0.3, 0.4) is 0 Å². The van der Waals surface area contributed by atoms with Crippen molar-refractivity contribution in [1.82, 2.24) is 14.4 Å². The van der Waals surface area contributed by atoms with Crippen LogP contribution in [0.5, 0.6) is 0 Å². The fraction of sp³-hybridized carbons (Fsp3) is 0.154. The van der Waals surface area contributed by atoms with Crippen LogP contribution in [0.2, 0.25) is 0 Å². The molecule has 0 spiro atoms. The van der Waals surface area contributed by atoms with E-state index in [4.69, 9.17) is 5.11 Å². The minimum Gasteiger partial charge on any atom is -0.481 e. The van der Waals surface area contributed by atoms with Crippen molar-refractivity contribution in [3.8, 4) is 0 Å². The van der Waals surface area contributed by atoms with Crippen molar-refractivity contribution in [3.05, 3.63) is 42.4 Å². The van der Waals surface area contributed by atoms with Gasteiger partial charge in [0.2, 0.25) is 0 Å². The molecule has 5 nitrogen and oxygen atoms in total. The Hall–Kier alpha value is -2.43. The Bertz CT molecular complexity index is 733. The molecule has 0 amide bonds. The predicted octanol–water partition coefficient (Wildman–Crippen LogP) is 1.90. The van der Waals surface area contributed by atoms with E-state index >= 15 is 0 Å². The number of hydrogen-bond acceptors (Lipinski definition) is 3. The second-order valence-corrected chi connectivity index (χ2v) is 4.10. The lowest BCUT2D eigenvalue weighted by atomic mass is 10.2. The number of carboxylic acid groups (broad SMARTS) is 1. The second kappa shape index (κ2) is 4.10. The van der Waals surface area contributed by atoms with E-state index in [9.17, 15) is 4.79 Å². The minimum absolute atomic E-state index is 0.0925. The summed E-state index contributed by atoms with van der Waals surface area (Å²) in [7, 11) is 0. The van der Waals surface area contributed by atoms with Crippen molar-refractivity contribution in [2.45, 2.75) is 12.8 Å². The van der Waals surface area contributed by atoms with Gasteiger partial charge in [-0.2, -0.15) is 0 Å². The van der Waals surface area contributed by atoms with Crippen LogP contribution in [-0.2, 0) is 11.2 Å². The number of nitrogens with zero attached hydrogens (tertiary/aromatic N) is 3. The third-order valence-corrected chi connectivity index (χ3v) is 2.84. The molecule has 0 atom stereocenters. The first-order valence-electron chi connectivity index (χ1n) is 5.67. The number of fused-ring (bicyclic) bond motifs is 3. The van der Waals surface area contributed by atoms with Gasteiger partial charge in [0, 0.05) is 12.6 Å². The Morgan fingerprint density at radius 1 is 1.33 bits per heavy atom. The molecule has 3 rings (SSSR count). The van der Waals surface area contributed by atoms with Gasteiger partial charge in [0.1, 0.15) is 0 Å². The Balaban J connectivity index is 2.11. The molecule has 0 aliphatic rings. The van der Waals surface area contributed by atoms with Crippen molar-refractivity contribution >= 4 is 22.6 Å². The van der Waals surface area contributed by atoms with Gasteiger partial charge in [-0.3, -0.25) is 14.2 Å². The first-order chi connectivity index (χ1) is 8.74. The van der Waals surface area contributed by atoms with Gasteiger partial charge in [0.15, 0.2) is 5.65 Å². The summed E-state index contributed by atoms with van der Waals surface area (Å²) in [5.74, 6) is -0.810. The maximum absolute atomic E-state index is 10.6. The number of aliphatic carboxylic acids is 1. The van der Waals surface area contributed by atoms with Gasteiger partial charge in [-0.1, -0.05) is 12.1 Å². The Kier molecular flexibility index (Phi) is 2.44. The highest BCUT2D eigenvalue weighted by Gasteiger charge is 2.07. The van der Waals surface area contributed by atoms with Crippen LogP contribution in [0.1, 0.15) is 12.1 Å². The van der Waals surface area contributed by atoms with Crippen LogP contribution in [0.15, 0.2) is 36.7 Å². The molecule has 5 heteroatoms. The molecule has 0 radical (unpaired) electrons. The standard InChI is InChI=1S/C13H11N3O2/c17-13(18)6-5-9-8-16-11-4-2-1-3-10(11)14-7-12(16)15-9/h1-4,7-8H,5-6H2,(H,17,18). The summed E-state index contributed by atoms with van der Waals surface area (Å²) >= 11 is 0. The third-order valence-electron chi connectivity index (χ3n) is 2.84. The highest BCUT2D eigenvalue weighted by Crippen LogP contribution is 2.15. The maximum Gasteiger partial charge on any atom is 0.303 e. The molecule has 0 bridgehead atoms. The molecule has 0 fully saturated rings. The van der Waals surface area contributed by atoms with Crippen LogP contribution in [0.25, 0.3) is 16.7 Å². The molecule has 1 N–H and O–H groups in total. The molecule has 0 unspecified atom stereocenters. The predicted molar refractivity (Wildman–Crippen MR) is 66.4 cm³/mol. The van der Waals surface area contributed by atoms with Gasteiger partial charge >= 0.3 is 5.97 Å². The summed E-state index contributed by atoms with van der Waals surface area (Å²) in [5, 5.41) is 8.67. The van der Waals surface area contributed by atoms with Gasteiger partial charge in [-0.05, 0) is 12.1 Å². The van der Waals surface area contributed by atoms with E-state index in [2.05, 4.69) is 9.97 Å².